The van der Waals surface area contributed by atoms with Crippen molar-refractivity contribution >= 4 is 0 Å². The predicted molar refractivity (Wildman–Crippen MR) is 53.8 cm³/mol. The van der Waals surface area contributed by atoms with E-state index in [1.54, 1.807) is 0 Å². The number of nitrogens with two attached hydrogens (primary N) is 1. The van der Waals surface area contributed by atoms with E-state index in [-0.39, 0.29) is 6.04 Å². The lowest BCUT2D eigenvalue weighted by Gasteiger charge is -2.05. The zero-order chi connectivity index (χ0) is 10.6. The minimum absolute atomic E-state index is 0.129. The van der Waals surface area contributed by atoms with Crippen LogP contribution in [0.15, 0.2) is 4.52 Å². The molecule has 0 saturated carbocycles. The second-order valence-electron chi connectivity index (χ2n) is 3.62. The van der Waals surface area contributed by atoms with Crippen LogP contribution in [-0.2, 0) is 6.42 Å². The van der Waals surface area contributed by atoms with Crippen molar-refractivity contribution in [3.05, 3.63) is 11.7 Å². The molecule has 0 saturated heterocycles. The average molecular weight is 198 g/mol. The summed E-state index contributed by atoms with van der Waals surface area (Å²) in [4.78, 5) is 6.30. The maximum Gasteiger partial charge on any atom is 0.243 e. The van der Waals surface area contributed by atoms with Crippen LogP contribution in [0.4, 0.5) is 0 Å². The third-order valence-electron chi connectivity index (χ3n) is 2.02. The van der Waals surface area contributed by atoms with Gasteiger partial charge in [-0.3, -0.25) is 0 Å². The van der Waals surface area contributed by atoms with Gasteiger partial charge in [0.2, 0.25) is 5.89 Å². The molecule has 80 valence electrons. The Morgan fingerprint density at radius 3 is 2.79 bits per heavy atom. The van der Waals surface area contributed by atoms with Gasteiger partial charge in [-0.05, 0) is 20.5 Å². The molecule has 0 bridgehead atoms. The van der Waals surface area contributed by atoms with Gasteiger partial charge in [-0.15, -0.1) is 0 Å². The van der Waals surface area contributed by atoms with Crippen molar-refractivity contribution < 1.29 is 4.52 Å². The van der Waals surface area contributed by atoms with E-state index in [9.17, 15) is 0 Å². The molecular formula is C9H18N4O. The van der Waals surface area contributed by atoms with Gasteiger partial charge >= 0.3 is 0 Å². The lowest BCUT2D eigenvalue weighted by molar-refractivity contribution is 0.345. The highest BCUT2D eigenvalue weighted by Gasteiger charge is 2.12. The SMILES string of the molecule is CC[C@H](N)c1nc(CCN(C)C)no1. The average Bonchev–Trinajstić information content (AvgIpc) is 2.62. The largest absolute Gasteiger partial charge is 0.338 e. The summed E-state index contributed by atoms with van der Waals surface area (Å²) in [5.41, 5.74) is 5.76. The van der Waals surface area contributed by atoms with Crippen LogP contribution in [0.5, 0.6) is 0 Å². The van der Waals surface area contributed by atoms with Crippen molar-refractivity contribution in [2.24, 2.45) is 5.73 Å². The predicted octanol–water partition coefficient (Wildman–Crippen LogP) is 0.583. The Morgan fingerprint density at radius 1 is 1.50 bits per heavy atom. The molecule has 14 heavy (non-hydrogen) atoms. The van der Waals surface area contributed by atoms with E-state index in [1.165, 1.54) is 0 Å². The van der Waals surface area contributed by atoms with Crippen LogP contribution in [-0.4, -0.2) is 35.7 Å². The molecule has 1 aromatic heterocycles. The van der Waals surface area contributed by atoms with Gasteiger partial charge < -0.3 is 15.2 Å². The van der Waals surface area contributed by atoms with E-state index in [0.29, 0.717) is 5.89 Å². The first-order chi connectivity index (χ1) is 6.63. The molecule has 0 aliphatic heterocycles. The molecule has 2 N–H and O–H groups in total. The summed E-state index contributed by atoms with van der Waals surface area (Å²) in [6, 6.07) is -0.129. The number of hydrogen-bond donors (Lipinski definition) is 1. The van der Waals surface area contributed by atoms with Crippen molar-refractivity contribution in [2.75, 3.05) is 20.6 Å². The number of likely N-dealkylation sites (N-methyl/N-ethyl adjacent to an activating group) is 1. The normalized spacial score (nSPS) is 13.5. The van der Waals surface area contributed by atoms with Crippen molar-refractivity contribution in [1.29, 1.82) is 0 Å². The van der Waals surface area contributed by atoms with E-state index in [4.69, 9.17) is 10.3 Å². The van der Waals surface area contributed by atoms with Gasteiger partial charge in [-0.2, -0.15) is 4.98 Å². The van der Waals surface area contributed by atoms with Crippen molar-refractivity contribution in [2.45, 2.75) is 25.8 Å². The maximum atomic E-state index is 5.76. The molecule has 5 nitrogen and oxygen atoms in total. The molecule has 0 spiro atoms. The van der Waals surface area contributed by atoms with Gasteiger partial charge in [0.1, 0.15) is 0 Å². The summed E-state index contributed by atoms with van der Waals surface area (Å²) in [6.07, 6.45) is 1.61. The Kier molecular flexibility index (Phi) is 4.03. The third kappa shape index (κ3) is 3.08. The first-order valence-corrected chi connectivity index (χ1v) is 4.86. The second kappa shape index (κ2) is 5.07. The van der Waals surface area contributed by atoms with Crippen molar-refractivity contribution in [1.82, 2.24) is 15.0 Å². The van der Waals surface area contributed by atoms with Gasteiger partial charge in [-0.1, -0.05) is 12.1 Å². The van der Waals surface area contributed by atoms with Crippen LogP contribution in [0.1, 0.15) is 31.1 Å². The first-order valence-electron chi connectivity index (χ1n) is 4.86. The first kappa shape index (κ1) is 11.1. The van der Waals surface area contributed by atoms with E-state index in [2.05, 4.69) is 15.0 Å². The third-order valence-corrected chi connectivity index (χ3v) is 2.02. The molecule has 1 atom stereocenters. The smallest absolute Gasteiger partial charge is 0.243 e. The minimum Gasteiger partial charge on any atom is -0.338 e. The molecular weight excluding hydrogens is 180 g/mol. The zero-order valence-corrected chi connectivity index (χ0v) is 9.03. The van der Waals surface area contributed by atoms with Crippen molar-refractivity contribution in [3.63, 3.8) is 0 Å². The highest BCUT2D eigenvalue weighted by molar-refractivity contribution is 4.91. The van der Waals surface area contributed by atoms with Crippen LogP contribution < -0.4 is 5.73 Å². The van der Waals surface area contributed by atoms with Gasteiger partial charge in [0.25, 0.3) is 0 Å². The maximum absolute atomic E-state index is 5.76. The lowest BCUT2D eigenvalue weighted by Crippen LogP contribution is -2.15. The molecule has 0 radical (unpaired) electrons. The quantitative estimate of drug-likeness (QED) is 0.749. The van der Waals surface area contributed by atoms with Gasteiger partial charge in [0.15, 0.2) is 5.82 Å². The minimum atomic E-state index is -0.129. The fraction of sp³-hybridized carbons (Fsp3) is 0.778. The molecule has 0 aliphatic rings. The van der Waals surface area contributed by atoms with Crippen LogP contribution in [0.3, 0.4) is 0 Å². The van der Waals surface area contributed by atoms with E-state index < -0.39 is 0 Å². The summed E-state index contributed by atoms with van der Waals surface area (Å²) in [5, 5.41) is 3.86. The van der Waals surface area contributed by atoms with E-state index in [1.807, 2.05) is 21.0 Å². The Bertz CT molecular complexity index is 272. The van der Waals surface area contributed by atoms with Crippen LogP contribution in [0.25, 0.3) is 0 Å². The second-order valence-corrected chi connectivity index (χ2v) is 3.62. The zero-order valence-electron chi connectivity index (χ0n) is 9.03. The Hall–Kier alpha value is -0.940. The van der Waals surface area contributed by atoms with Crippen LogP contribution >= 0.6 is 0 Å². The molecule has 5 heteroatoms. The standard InChI is InChI=1S/C9H18N4O/c1-4-7(10)9-11-8(12-14-9)5-6-13(2)3/h7H,4-6,10H2,1-3H3/t7-/m0/s1. The molecule has 0 aromatic carbocycles. The van der Waals surface area contributed by atoms with Crippen LogP contribution in [0, 0.1) is 0 Å². The number of nitrogens with zero attached hydrogens (tertiary/aromatic N) is 3. The molecule has 0 fully saturated rings. The van der Waals surface area contributed by atoms with E-state index in [0.717, 1.165) is 25.2 Å². The number of hydrogen-bond acceptors (Lipinski definition) is 5. The Labute approximate surface area is 84.3 Å². The fourth-order valence-electron chi connectivity index (χ4n) is 1.02. The van der Waals surface area contributed by atoms with Gasteiger partial charge in [0, 0.05) is 13.0 Å². The summed E-state index contributed by atoms with van der Waals surface area (Å²) < 4.78 is 5.04. The summed E-state index contributed by atoms with van der Waals surface area (Å²) in [5.74, 6) is 1.28. The number of aromatic nitrogens is 2. The fourth-order valence-corrected chi connectivity index (χ4v) is 1.02. The van der Waals surface area contributed by atoms with E-state index >= 15 is 0 Å². The summed E-state index contributed by atoms with van der Waals surface area (Å²) in [7, 11) is 4.03. The summed E-state index contributed by atoms with van der Waals surface area (Å²) in [6.45, 7) is 2.91. The highest BCUT2D eigenvalue weighted by Crippen LogP contribution is 2.10. The molecule has 0 aliphatic carbocycles. The van der Waals surface area contributed by atoms with Gasteiger partial charge in [0.05, 0.1) is 6.04 Å². The van der Waals surface area contributed by atoms with Crippen LogP contribution in [0.2, 0.25) is 0 Å². The van der Waals surface area contributed by atoms with Crippen molar-refractivity contribution in [3.8, 4) is 0 Å². The summed E-state index contributed by atoms with van der Waals surface area (Å²) >= 11 is 0. The highest BCUT2D eigenvalue weighted by atomic mass is 16.5. The molecule has 1 heterocycles. The Balaban J connectivity index is 2.50. The lowest BCUT2D eigenvalue weighted by atomic mass is 10.2. The molecule has 0 amide bonds. The monoisotopic (exact) mass is 198 g/mol. The molecule has 1 rings (SSSR count). The molecule has 0 unspecified atom stereocenters. The topological polar surface area (TPSA) is 68.2 Å². The number of rotatable bonds is 5. The molecule has 1 aromatic rings. The van der Waals surface area contributed by atoms with Gasteiger partial charge in [-0.25, -0.2) is 0 Å². The Morgan fingerprint density at radius 2 is 2.21 bits per heavy atom.